The maximum atomic E-state index is 12.5. The Labute approximate surface area is 174 Å². The lowest BCUT2D eigenvalue weighted by molar-refractivity contribution is -0.121. The van der Waals surface area contributed by atoms with Crippen LogP contribution in [0.15, 0.2) is 59.7 Å². The number of rotatable bonds is 8. The monoisotopic (exact) mass is 403 g/mol. The minimum absolute atomic E-state index is 0.0132. The number of benzene rings is 2. The first-order valence-corrected chi connectivity index (χ1v) is 10.2. The Bertz CT molecular complexity index is 1240. The number of nitrogens with one attached hydrogen (secondary N) is 1. The molecule has 154 valence electrons. The molecule has 0 atom stereocenters. The second kappa shape index (κ2) is 8.90. The zero-order valence-electron chi connectivity index (χ0n) is 17.0. The summed E-state index contributed by atoms with van der Waals surface area (Å²) < 4.78 is 3.65. The van der Waals surface area contributed by atoms with Crippen LogP contribution in [-0.4, -0.2) is 25.0 Å². The van der Waals surface area contributed by atoms with Crippen LogP contribution in [0, 0.1) is 0 Å². The fourth-order valence-electron chi connectivity index (χ4n) is 3.63. The average Bonchev–Trinajstić information content (AvgIpc) is 3.09. The Balaban J connectivity index is 1.21. The molecule has 2 heterocycles. The van der Waals surface area contributed by atoms with Gasteiger partial charge in [0, 0.05) is 20.0 Å². The minimum Gasteiger partial charge on any atom is -0.349 e. The van der Waals surface area contributed by atoms with Crippen LogP contribution >= 0.6 is 0 Å². The molecule has 30 heavy (non-hydrogen) atoms. The van der Waals surface area contributed by atoms with Gasteiger partial charge in [-0.2, -0.15) is 0 Å². The summed E-state index contributed by atoms with van der Waals surface area (Å²) in [6, 6.07) is 15.3. The van der Waals surface area contributed by atoms with E-state index in [1.54, 1.807) is 17.0 Å². The standard InChI is InChI=1S/C23H25N5O2/c1-27-20-12-7-6-11-19(20)26-21(27)15-24-22(29)13-3-2-8-14-28-16-25-18-10-5-4-9-17(18)23(28)30/h4-7,9-12,16H,2-3,8,13-15H2,1H3,(H,24,29). The van der Waals surface area contributed by atoms with Crippen molar-refractivity contribution in [2.24, 2.45) is 7.05 Å². The zero-order valence-corrected chi connectivity index (χ0v) is 17.0. The second-order valence-corrected chi connectivity index (χ2v) is 7.42. The highest BCUT2D eigenvalue weighted by atomic mass is 16.1. The molecule has 0 spiro atoms. The van der Waals surface area contributed by atoms with E-state index in [0.717, 1.165) is 41.6 Å². The van der Waals surface area contributed by atoms with Gasteiger partial charge in [-0.05, 0) is 37.1 Å². The van der Waals surface area contributed by atoms with E-state index in [4.69, 9.17) is 0 Å². The third kappa shape index (κ3) is 4.25. The first-order chi connectivity index (χ1) is 14.6. The lowest BCUT2D eigenvalue weighted by atomic mass is 10.2. The lowest BCUT2D eigenvalue weighted by Crippen LogP contribution is -2.24. The summed E-state index contributed by atoms with van der Waals surface area (Å²) in [6.45, 7) is 1.03. The number of amides is 1. The molecule has 0 aliphatic carbocycles. The van der Waals surface area contributed by atoms with E-state index >= 15 is 0 Å². The van der Waals surface area contributed by atoms with Gasteiger partial charge in [0.25, 0.3) is 5.56 Å². The van der Waals surface area contributed by atoms with Crippen LogP contribution in [0.5, 0.6) is 0 Å². The van der Waals surface area contributed by atoms with Gasteiger partial charge in [-0.3, -0.25) is 14.2 Å². The number of imidazole rings is 1. The maximum absolute atomic E-state index is 12.5. The molecule has 0 aliphatic heterocycles. The number of para-hydroxylation sites is 3. The molecule has 2 aromatic heterocycles. The number of nitrogens with zero attached hydrogens (tertiary/aromatic N) is 4. The quantitative estimate of drug-likeness (QED) is 0.458. The van der Waals surface area contributed by atoms with Gasteiger partial charge in [0.05, 0.1) is 34.8 Å². The van der Waals surface area contributed by atoms with Gasteiger partial charge in [-0.1, -0.05) is 30.7 Å². The van der Waals surface area contributed by atoms with Crippen molar-refractivity contribution in [1.29, 1.82) is 0 Å². The van der Waals surface area contributed by atoms with Crippen molar-refractivity contribution in [2.45, 2.75) is 38.8 Å². The summed E-state index contributed by atoms with van der Waals surface area (Å²) in [5, 5.41) is 3.59. The third-order valence-corrected chi connectivity index (χ3v) is 5.36. The molecular weight excluding hydrogens is 378 g/mol. The van der Waals surface area contributed by atoms with Gasteiger partial charge in [-0.25, -0.2) is 9.97 Å². The summed E-state index contributed by atoms with van der Waals surface area (Å²) in [7, 11) is 1.96. The summed E-state index contributed by atoms with van der Waals surface area (Å²) in [4.78, 5) is 33.5. The summed E-state index contributed by atoms with van der Waals surface area (Å²) >= 11 is 0. The summed E-state index contributed by atoms with van der Waals surface area (Å²) in [5.74, 6) is 0.860. The third-order valence-electron chi connectivity index (χ3n) is 5.36. The Morgan fingerprint density at radius 1 is 1.00 bits per heavy atom. The first-order valence-electron chi connectivity index (χ1n) is 10.2. The van der Waals surface area contributed by atoms with E-state index < -0.39 is 0 Å². The molecule has 4 aromatic rings. The molecule has 0 aliphatic rings. The topological polar surface area (TPSA) is 81.8 Å². The van der Waals surface area contributed by atoms with Crippen LogP contribution in [-0.2, 0) is 24.9 Å². The van der Waals surface area contributed by atoms with Gasteiger partial charge < -0.3 is 9.88 Å². The fraction of sp³-hybridized carbons (Fsp3) is 0.304. The number of hydrogen-bond acceptors (Lipinski definition) is 4. The van der Waals surface area contributed by atoms with Crippen molar-refractivity contribution < 1.29 is 4.79 Å². The number of carbonyl (C=O) groups excluding carboxylic acids is 1. The molecule has 0 saturated carbocycles. The molecule has 7 nitrogen and oxygen atoms in total. The predicted molar refractivity (Wildman–Crippen MR) is 117 cm³/mol. The Hall–Kier alpha value is -3.48. The van der Waals surface area contributed by atoms with Crippen molar-refractivity contribution in [3.05, 3.63) is 71.0 Å². The molecule has 2 aromatic carbocycles. The molecule has 1 amide bonds. The van der Waals surface area contributed by atoms with Crippen molar-refractivity contribution in [3.8, 4) is 0 Å². The largest absolute Gasteiger partial charge is 0.349 e. The van der Waals surface area contributed by atoms with E-state index in [1.165, 1.54) is 0 Å². The van der Waals surface area contributed by atoms with E-state index in [2.05, 4.69) is 15.3 Å². The number of unbranched alkanes of at least 4 members (excludes halogenated alkanes) is 2. The van der Waals surface area contributed by atoms with Gasteiger partial charge in [0.15, 0.2) is 0 Å². The molecule has 0 radical (unpaired) electrons. The maximum Gasteiger partial charge on any atom is 0.261 e. The molecule has 0 saturated heterocycles. The lowest BCUT2D eigenvalue weighted by Gasteiger charge is -2.07. The van der Waals surface area contributed by atoms with Crippen LogP contribution in [0.2, 0.25) is 0 Å². The predicted octanol–water partition coefficient (Wildman–Crippen LogP) is 3.16. The summed E-state index contributed by atoms with van der Waals surface area (Å²) in [6.07, 6.45) is 4.56. The number of carbonyl (C=O) groups is 1. The van der Waals surface area contributed by atoms with Crippen LogP contribution in [0.25, 0.3) is 21.9 Å². The molecular formula is C23H25N5O2. The number of fused-ring (bicyclic) bond motifs is 2. The molecule has 7 heteroatoms. The molecule has 0 fully saturated rings. The van der Waals surface area contributed by atoms with E-state index in [0.29, 0.717) is 24.9 Å². The van der Waals surface area contributed by atoms with E-state index in [9.17, 15) is 9.59 Å². The summed E-state index contributed by atoms with van der Waals surface area (Å²) in [5.41, 5.74) is 2.69. The number of hydrogen-bond donors (Lipinski definition) is 1. The normalized spacial score (nSPS) is 11.2. The van der Waals surface area contributed by atoms with Crippen molar-refractivity contribution in [3.63, 3.8) is 0 Å². The van der Waals surface area contributed by atoms with Crippen molar-refractivity contribution >= 4 is 27.8 Å². The highest BCUT2D eigenvalue weighted by molar-refractivity contribution is 5.78. The van der Waals surface area contributed by atoms with Gasteiger partial charge in [-0.15, -0.1) is 0 Å². The van der Waals surface area contributed by atoms with Gasteiger partial charge in [0.2, 0.25) is 5.91 Å². The minimum atomic E-state index is -0.0132. The molecule has 0 unspecified atom stereocenters. The number of aromatic nitrogens is 4. The van der Waals surface area contributed by atoms with Crippen LogP contribution in [0.4, 0.5) is 0 Å². The average molecular weight is 403 g/mol. The zero-order chi connectivity index (χ0) is 20.9. The number of aryl methyl sites for hydroxylation is 2. The Kier molecular flexibility index (Phi) is 5.88. The van der Waals surface area contributed by atoms with Crippen LogP contribution < -0.4 is 10.9 Å². The second-order valence-electron chi connectivity index (χ2n) is 7.42. The van der Waals surface area contributed by atoms with Gasteiger partial charge >= 0.3 is 0 Å². The van der Waals surface area contributed by atoms with Crippen LogP contribution in [0.3, 0.4) is 0 Å². The molecule has 1 N–H and O–H groups in total. The van der Waals surface area contributed by atoms with Crippen LogP contribution in [0.1, 0.15) is 31.5 Å². The smallest absolute Gasteiger partial charge is 0.261 e. The van der Waals surface area contributed by atoms with Crippen molar-refractivity contribution in [1.82, 2.24) is 24.4 Å². The Morgan fingerprint density at radius 2 is 1.77 bits per heavy atom. The molecule has 4 rings (SSSR count). The van der Waals surface area contributed by atoms with Crippen molar-refractivity contribution in [2.75, 3.05) is 0 Å². The highest BCUT2D eigenvalue weighted by Crippen LogP contribution is 2.14. The Morgan fingerprint density at radius 3 is 2.60 bits per heavy atom. The van der Waals surface area contributed by atoms with E-state index in [1.807, 2.05) is 54.1 Å². The van der Waals surface area contributed by atoms with E-state index in [-0.39, 0.29) is 11.5 Å². The highest BCUT2D eigenvalue weighted by Gasteiger charge is 2.09. The molecule has 0 bridgehead atoms. The SMILES string of the molecule is Cn1c(CNC(=O)CCCCCn2cnc3ccccc3c2=O)nc2ccccc21. The van der Waals surface area contributed by atoms with Gasteiger partial charge in [0.1, 0.15) is 5.82 Å². The first kappa shape index (κ1) is 19.8. The fourth-order valence-corrected chi connectivity index (χ4v) is 3.63.